The fourth-order valence-corrected chi connectivity index (χ4v) is 3.87. The summed E-state index contributed by atoms with van der Waals surface area (Å²) in [5.74, 6) is 1.22. The van der Waals surface area contributed by atoms with Gasteiger partial charge in [-0.1, -0.05) is 12.1 Å². The molecule has 3 aromatic rings. The highest BCUT2D eigenvalue weighted by atomic mass is 16.5. The van der Waals surface area contributed by atoms with Crippen molar-refractivity contribution in [2.24, 2.45) is 7.05 Å². The van der Waals surface area contributed by atoms with E-state index in [-0.39, 0.29) is 0 Å². The van der Waals surface area contributed by atoms with Crippen LogP contribution in [0, 0.1) is 0 Å². The molecule has 140 valence electrons. The summed E-state index contributed by atoms with van der Waals surface area (Å²) in [6.45, 7) is 3.03. The largest absolute Gasteiger partial charge is 0.497 e. The van der Waals surface area contributed by atoms with E-state index in [1.807, 2.05) is 36.1 Å². The molecule has 1 aliphatic heterocycles. The van der Waals surface area contributed by atoms with E-state index >= 15 is 0 Å². The first kappa shape index (κ1) is 17.7. The van der Waals surface area contributed by atoms with Gasteiger partial charge < -0.3 is 4.74 Å². The van der Waals surface area contributed by atoms with Crippen LogP contribution in [0.1, 0.15) is 30.0 Å². The first-order chi connectivity index (χ1) is 13.2. The highest BCUT2D eigenvalue weighted by Crippen LogP contribution is 2.33. The van der Waals surface area contributed by atoms with Gasteiger partial charge >= 0.3 is 0 Å². The fraction of sp³-hybridized carbons (Fsp3) is 0.381. The minimum atomic E-state index is 0.380. The molecule has 27 heavy (non-hydrogen) atoms. The van der Waals surface area contributed by atoms with Gasteiger partial charge in [0.2, 0.25) is 0 Å². The molecule has 1 fully saturated rings. The molecule has 1 saturated heterocycles. The second kappa shape index (κ2) is 7.88. The molecule has 1 atom stereocenters. The van der Waals surface area contributed by atoms with Crippen LogP contribution in [0.15, 0.2) is 49.1 Å². The third-order valence-electron chi connectivity index (χ3n) is 5.13. The highest BCUT2D eigenvalue weighted by molar-refractivity contribution is 5.64. The highest BCUT2D eigenvalue weighted by Gasteiger charge is 2.25. The Morgan fingerprint density at radius 1 is 1.22 bits per heavy atom. The number of hydrogen-bond donors (Lipinski definition) is 0. The number of hydrogen-bond acceptors (Lipinski definition) is 5. The Hall–Kier alpha value is -2.73. The van der Waals surface area contributed by atoms with Crippen LogP contribution in [0.4, 0.5) is 0 Å². The Balaban J connectivity index is 1.57. The monoisotopic (exact) mass is 363 g/mol. The molecular formula is C21H25N5O. The van der Waals surface area contributed by atoms with Gasteiger partial charge in [0, 0.05) is 55.8 Å². The lowest BCUT2D eigenvalue weighted by Gasteiger charge is -2.32. The SMILES string of the molecule is COc1cccc(-c2nccnc2[C@@H]2CCCN(Cc3cnn(C)c3)C2)c1. The maximum atomic E-state index is 5.38. The standard InChI is InChI=1S/C21H25N5O/c1-25-13-16(12-24-25)14-26-10-4-6-18(15-26)21-20(22-8-9-23-21)17-5-3-7-19(11-17)27-2/h3,5,7-9,11-13,18H,4,6,10,14-15H2,1-2H3/t18-/m1/s1. The molecule has 0 spiro atoms. The Kier molecular flexibility index (Phi) is 5.16. The van der Waals surface area contributed by atoms with Gasteiger partial charge in [0.05, 0.1) is 24.7 Å². The first-order valence-electron chi connectivity index (χ1n) is 9.38. The number of rotatable bonds is 5. The summed E-state index contributed by atoms with van der Waals surface area (Å²) in [5.41, 5.74) is 4.36. The Morgan fingerprint density at radius 3 is 2.93 bits per heavy atom. The number of methoxy groups -OCH3 is 1. The van der Waals surface area contributed by atoms with Crippen molar-refractivity contribution in [2.45, 2.75) is 25.3 Å². The number of aromatic nitrogens is 4. The second-order valence-electron chi connectivity index (χ2n) is 7.12. The van der Waals surface area contributed by atoms with Gasteiger partial charge in [-0.15, -0.1) is 0 Å². The van der Waals surface area contributed by atoms with Crippen LogP contribution in [-0.2, 0) is 13.6 Å². The van der Waals surface area contributed by atoms with E-state index in [1.54, 1.807) is 19.5 Å². The van der Waals surface area contributed by atoms with Crippen LogP contribution in [-0.4, -0.2) is 44.8 Å². The third kappa shape index (κ3) is 4.01. The zero-order chi connectivity index (χ0) is 18.6. The Bertz CT molecular complexity index is 907. The number of likely N-dealkylation sites (tertiary alicyclic amines) is 1. The summed E-state index contributed by atoms with van der Waals surface area (Å²) >= 11 is 0. The van der Waals surface area contributed by atoms with Crippen molar-refractivity contribution in [3.05, 3.63) is 60.3 Å². The molecule has 1 aliphatic rings. The van der Waals surface area contributed by atoms with Crippen molar-refractivity contribution in [3.8, 4) is 17.0 Å². The van der Waals surface area contributed by atoms with E-state index in [0.717, 1.165) is 48.8 Å². The lowest BCUT2D eigenvalue weighted by atomic mass is 9.91. The molecule has 0 amide bonds. The van der Waals surface area contributed by atoms with E-state index in [1.165, 1.54) is 12.0 Å². The molecule has 0 saturated carbocycles. The van der Waals surface area contributed by atoms with E-state index in [4.69, 9.17) is 9.72 Å². The van der Waals surface area contributed by atoms with Crippen molar-refractivity contribution in [1.82, 2.24) is 24.6 Å². The van der Waals surface area contributed by atoms with Crippen LogP contribution in [0.2, 0.25) is 0 Å². The summed E-state index contributed by atoms with van der Waals surface area (Å²) < 4.78 is 7.24. The summed E-state index contributed by atoms with van der Waals surface area (Å²) in [5, 5.41) is 4.29. The van der Waals surface area contributed by atoms with Crippen LogP contribution in [0.3, 0.4) is 0 Å². The summed E-state index contributed by atoms with van der Waals surface area (Å²) in [6.07, 6.45) is 9.92. The molecule has 6 nitrogen and oxygen atoms in total. The second-order valence-corrected chi connectivity index (χ2v) is 7.12. The molecule has 0 N–H and O–H groups in total. The molecule has 0 bridgehead atoms. The van der Waals surface area contributed by atoms with Gasteiger partial charge in [0.25, 0.3) is 0 Å². The molecule has 1 aromatic carbocycles. The van der Waals surface area contributed by atoms with Gasteiger partial charge in [-0.3, -0.25) is 19.5 Å². The summed E-state index contributed by atoms with van der Waals surface area (Å²) in [4.78, 5) is 11.9. The molecule has 0 aliphatic carbocycles. The third-order valence-corrected chi connectivity index (χ3v) is 5.13. The predicted molar refractivity (Wildman–Crippen MR) is 104 cm³/mol. The predicted octanol–water partition coefficient (Wildman–Crippen LogP) is 3.27. The van der Waals surface area contributed by atoms with Gasteiger partial charge in [0.15, 0.2) is 0 Å². The smallest absolute Gasteiger partial charge is 0.119 e. The van der Waals surface area contributed by atoms with Crippen molar-refractivity contribution >= 4 is 0 Å². The lowest BCUT2D eigenvalue weighted by molar-refractivity contribution is 0.198. The quantitative estimate of drug-likeness (QED) is 0.696. The van der Waals surface area contributed by atoms with E-state index in [0.29, 0.717) is 5.92 Å². The average Bonchev–Trinajstić information content (AvgIpc) is 3.13. The minimum absolute atomic E-state index is 0.380. The molecule has 4 rings (SSSR count). The van der Waals surface area contributed by atoms with E-state index in [2.05, 4.69) is 27.2 Å². The van der Waals surface area contributed by atoms with Crippen LogP contribution in [0.25, 0.3) is 11.3 Å². The fourth-order valence-electron chi connectivity index (χ4n) is 3.87. The number of nitrogens with zero attached hydrogens (tertiary/aromatic N) is 5. The van der Waals surface area contributed by atoms with Crippen molar-refractivity contribution in [3.63, 3.8) is 0 Å². The van der Waals surface area contributed by atoms with Crippen LogP contribution >= 0.6 is 0 Å². The zero-order valence-electron chi connectivity index (χ0n) is 15.9. The molecule has 6 heteroatoms. The maximum absolute atomic E-state index is 5.38. The van der Waals surface area contributed by atoms with E-state index in [9.17, 15) is 0 Å². The van der Waals surface area contributed by atoms with Crippen molar-refractivity contribution in [1.29, 1.82) is 0 Å². The normalized spacial score (nSPS) is 17.8. The lowest BCUT2D eigenvalue weighted by Crippen LogP contribution is -2.34. The average molecular weight is 363 g/mol. The number of benzene rings is 1. The molecule has 0 unspecified atom stereocenters. The zero-order valence-corrected chi connectivity index (χ0v) is 15.9. The maximum Gasteiger partial charge on any atom is 0.119 e. The molecule has 0 radical (unpaired) electrons. The Labute approximate surface area is 159 Å². The minimum Gasteiger partial charge on any atom is -0.497 e. The molecule has 2 aromatic heterocycles. The molecule has 3 heterocycles. The Morgan fingerprint density at radius 2 is 2.11 bits per heavy atom. The van der Waals surface area contributed by atoms with E-state index < -0.39 is 0 Å². The summed E-state index contributed by atoms with van der Waals surface area (Å²) in [7, 11) is 3.65. The van der Waals surface area contributed by atoms with Gasteiger partial charge in [-0.05, 0) is 31.5 Å². The summed E-state index contributed by atoms with van der Waals surface area (Å²) in [6, 6.07) is 8.06. The van der Waals surface area contributed by atoms with Gasteiger partial charge in [-0.25, -0.2) is 0 Å². The molecular weight excluding hydrogens is 338 g/mol. The van der Waals surface area contributed by atoms with Gasteiger partial charge in [0.1, 0.15) is 5.75 Å². The van der Waals surface area contributed by atoms with Gasteiger partial charge in [-0.2, -0.15) is 5.10 Å². The number of aryl methyl sites for hydroxylation is 1. The van der Waals surface area contributed by atoms with Crippen LogP contribution in [0.5, 0.6) is 5.75 Å². The van der Waals surface area contributed by atoms with Crippen LogP contribution < -0.4 is 4.74 Å². The number of ether oxygens (including phenoxy) is 1. The number of piperidine rings is 1. The first-order valence-corrected chi connectivity index (χ1v) is 9.38. The van der Waals surface area contributed by atoms with Crippen molar-refractivity contribution in [2.75, 3.05) is 20.2 Å². The van der Waals surface area contributed by atoms with Crippen molar-refractivity contribution < 1.29 is 4.74 Å². The topological polar surface area (TPSA) is 56.1 Å².